The molecule has 5 aliphatic rings. The van der Waals surface area contributed by atoms with Gasteiger partial charge in [0.05, 0.1) is 7.82 Å². The molecule has 5 aliphatic carbocycles. The minimum absolute atomic E-state index is 0. The zero-order valence-corrected chi connectivity index (χ0v) is 45.9. The Morgan fingerprint density at radius 1 is 0.658 bits per heavy atom. The first-order valence-electron chi connectivity index (χ1n) is 22.3. The molecule has 14 unspecified atom stereocenters. The lowest BCUT2D eigenvalue weighted by molar-refractivity contribution is -0.353. The summed E-state index contributed by atoms with van der Waals surface area (Å²) in [6, 6.07) is 0. The quantitative estimate of drug-likeness (QED) is 0.0469. The summed E-state index contributed by atoms with van der Waals surface area (Å²) in [4.78, 5) is 137. The largest absolute Gasteiger partial charge is 0.790 e. The Morgan fingerprint density at radius 2 is 1.12 bits per heavy atom. The molecule has 16 atom stereocenters. The molecule has 4 saturated carbocycles. The molecule has 37 heteroatoms. The maximum Gasteiger partial charge on any atom is 0.531 e. The lowest BCUT2D eigenvalue weighted by Gasteiger charge is -2.58. The molecule has 5 rings (SSSR count). The van der Waals surface area contributed by atoms with Gasteiger partial charge in [0.25, 0.3) is 7.82 Å². The second-order valence-corrected chi connectivity index (χ2v) is 28.1. The van der Waals surface area contributed by atoms with Crippen LogP contribution < -0.4 is 14.7 Å². The molecule has 0 aromatic carbocycles. The molecule has 430 valence electrons. The van der Waals surface area contributed by atoms with Gasteiger partial charge >= 0.3 is 45.3 Å². The molecule has 73 heavy (non-hydrogen) atoms. The predicted octanol–water partition coefficient (Wildman–Crippen LogP) is 3.90. The van der Waals surface area contributed by atoms with Gasteiger partial charge in [0.15, 0.2) is 0 Å². The normalized spacial score (nSPS) is 35.0. The number of fused-ring (bicyclic) bond motifs is 5. The number of hydrogen-bond acceptors (Lipinski definition) is 20. The summed E-state index contributed by atoms with van der Waals surface area (Å²) in [5.74, 6) is 4.76. The molecule has 0 bridgehead atoms. The summed E-state index contributed by atoms with van der Waals surface area (Å²) in [7, 11) is -40.5. The molecule has 4 fully saturated rings. The van der Waals surface area contributed by atoms with Crippen molar-refractivity contribution in [3.05, 3.63) is 11.6 Å². The molecular formula is C36H68O30P7-3. The van der Waals surface area contributed by atoms with Crippen molar-refractivity contribution in [1.29, 1.82) is 0 Å². The van der Waals surface area contributed by atoms with E-state index in [9.17, 15) is 56.3 Å². The van der Waals surface area contributed by atoms with E-state index in [2.05, 4.69) is 76.9 Å². The Labute approximate surface area is 421 Å². The number of allylic oxidation sites excluding steroid dienone is 1. The van der Waals surface area contributed by atoms with E-state index in [0.29, 0.717) is 17.8 Å². The Balaban J connectivity index is 0.000000380. The van der Waals surface area contributed by atoms with E-state index in [4.69, 9.17) is 48.8 Å². The number of rotatable bonds is 20. The van der Waals surface area contributed by atoms with Gasteiger partial charge in [-0.3, -0.25) is 32.1 Å². The monoisotopic (exact) mass is 1200 g/mol. The van der Waals surface area contributed by atoms with Gasteiger partial charge in [0, 0.05) is 13.5 Å². The van der Waals surface area contributed by atoms with E-state index < -0.39 is 97.5 Å². The summed E-state index contributed by atoms with van der Waals surface area (Å²) in [6.45, 7) is 12.3. The highest BCUT2D eigenvalue weighted by molar-refractivity contribution is 7.48. The zero-order chi connectivity index (χ0) is 55.0. The number of carbonyl (C=O) groups is 1. The van der Waals surface area contributed by atoms with Crippen molar-refractivity contribution in [2.75, 3.05) is 7.11 Å². The highest BCUT2D eigenvalue weighted by atomic mass is 31.2. The van der Waals surface area contributed by atoms with Gasteiger partial charge in [-0.2, -0.15) is 0 Å². The van der Waals surface area contributed by atoms with Crippen LogP contribution in [0.5, 0.6) is 0 Å². The first-order valence-corrected chi connectivity index (χ1v) is 32.9. The minimum Gasteiger partial charge on any atom is -0.790 e. The van der Waals surface area contributed by atoms with E-state index >= 15 is 0 Å². The standard InChI is InChI=1S/C29H49O6P.C6H18O24P6.CH4/c1-19(2)8-7-9-20(3)24-12-13-25-23-11-10-21-18-22(34-27(30)35-36(31,32)33-6)14-16-28(21,4)26(23)15-17-29(24,25)5;7-31(8,9)25-1-2(26-32(10,11)12)4(28-34(16,17)18)6(30-36(22,23)24)5(29-35(19,20)21)3(1)27-33(13,14)15;/h10,19-20,22-26H,7-9,11-18H2,1-6H3,(H,31,32);1-6H,(H2,7,8,9)(H2,10,11,12)(H2,13,14,15)(H2,16,17,18)(H2,19,20,21)(H2,22,23,24);1H4/p-3/t20-,22-,23?,24?,25?,26?,28?,29?;;/m0../s1. The second-order valence-electron chi connectivity index (χ2n) is 19.6. The van der Waals surface area contributed by atoms with E-state index in [1.54, 1.807) is 0 Å². The predicted molar refractivity (Wildman–Crippen MR) is 243 cm³/mol. The van der Waals surface area contributed by atoms with Crippen LogP contribution in [0.2, 0.25) is 0 Å². The van der Waals surface area contributed by atoms with Crippen LogP contribution in [0.25, 0.3) is 0 Å². The molecule has 0 aromatic heterocycles. The molecule has 30 nitrogen and oxygen atoms in total. The molecule has 0 aromatic rings. The number of hydrogen-bond donors (Lipinski definition) is 10. The maximum atomic E-state index is 12.0. The van der Waals surface area contributed by atoms with Crippen molar-refractivity contribution in [1.82, 2.24) is 0 Å². The van der Waals surface area contributed by atoms with Gasteiger partial charge in [-0.25, -0.2) is 27.6 Å². The Morgan fingerprint density at radius 3 is 1.55 bits per heavy atom. The topological polar surface area (TPSA) is 491 Å². The van der Waals surface area contributed by atoms with Gasteiger partial charge < -0.3 is 81.6 Å². The van der Waals surface area contributed by atoms with Gasteiger partial charge in [-0.15, -0.1) is 0 Å². The van der Waals surface area contributed by atoms with Crippen molar-refractivity contribution >= 4 is 60.9 Å². The summed E-state index contributed by atoms with van der Waals surface area (Å²) in [5.41, 5.74) is 2.05. The maximum absolute atomic E-state index is 12.0. The van der Waals surface area contributed by atoms with Crippen LogP contribution in [0.15, 0.2) is 11.6 Å². The minimum atomic E-state index is -6.54. The van der Waals surface area contributed by atoms with E-state index in [1.807, 2.05) is 0 Å². The van der Waals surface area contributed by atoms with Crippen LogP contribution in [0.4, 0.5) is 4.79 Å². The van der Waals surface area contributed by atoms with Crippen LogP contribution in [0.1, 0.15) is 113 Å². The van der Waals surface area contributed by atoms with Crippen LogP contribution >= 0.6 is 54.8 Å². The van der Waals surface area contributed by atoms with Gasteiger partial charge in [0.1, 0.15) is 42.7 Å². The van der Waals surface area contributed by atoms with Crippen LogP contribution in [-0.2, 0) is 72.9 Å². The third-order valence-electron chi connectivity index (χ3n) is 14.4. The zero-order valence-electron chi connectivity index (χ0n) is 39.6. The summed E-state index contributed by atoms with van der Waals surface area (Å²) in [6.07, 6.45) is -5.42. The Hall–Kier alpha value is -0.180. The number of phosphoric ester groups is 7. The lowest BCUT2D eigenvalue weighted by Crippen LogP contribution is -2.66. The first kappa shape index (κ1) is 67.1. The third kappa shape index (κ3) is 19.6. The van der Waals surface area contributed by atoms with Gasteiger partial charge in [-0.1, -0.05) is 73.0 Å². The molecule has 10 N–H and O–H groups in total. The average Bonchev–Trinajstić information content (AvgIpc) is 3.53. The van der Waals surface area contributed by atoms with E-state index in [1.165, 1.54) is 50.5 Å². The van der Waals surface area contributed by atoms with Crippen molar-refractivity contribution in [2.45, 2.75) is 155 Å². The summed E-state index contributed by atoms with van der Waals surface area (Å²) < 4.78 is 118. The summed E-state index contributed by atoms with van der Waals surface area (Å²) in [5, 5.41) is 0. The first-order chi connectivity index (χ1) is 32.5. The molecule has 0 radical (unpaired) electrons. The fraction of sp³-hybridized carbons (Fsp3) is 0.917. The Bertz CT molecular complexity index is 2040. The summed E-state index contributed by atoms with van der Waals surface area (Å²) >= 11 is 0. The SMILES string of the molecule is C.COP(=O)(O)OC(=O)O[C@H]1CCC2(C)C(=CCC3C2CCC2(C)C3CCC2[C@@H](C)CCCC(C)C)C1.O=P([O-])([O-])OC1C(OP(=O)([O-])O)C(OP(=O)(O)O)C(OP(=O)(O)O)C(OP(=O)(O)O)C1OP(=O)(O)O. The molecule has 0 aliphatic heterocycles. The fourth-order valence-corrected chi connectivity index (χ4v) is 15.4. The second kappa shape index (κ2) is 25.1. The number of ether oxygens (including phenoxy) is 1. The number of carbonyl (C=O) groups excluding carboxylic acids is 1. The van der Waals surface area contributed by atoms with Gasteiger partial charge in [-0.05, 0) is 91.3 Å². The molecule has 0 spiro atoms. The van der Waals surface area contributed by atoms with E-state index in [-0.39, 0.29) is 18.9 Å². The van der Waals surface area contributed by atoms with Crippen molar-refractivity contribution in [3.63, 3.8) is 0 Å². The lowest BCUT2D eigenvalue weighted by atomic mass is 9.47. The fourth-order valence-electron chi connectivity index (χ4n) is 11.8. The van der Waals surface area contributed by atoms with Crippen LogP contribution in [0.3, 0.4) is 0 Å². The highest BCUT2D eigenvalue weighted by Gasteiger charge is 2.62. The smallest absolute Gasteiger partial charge is 0.531 e. The van der Waals surface area contributed by atoms with Crippen LogP contribution in [0, 0.1) is 46.3 Å². The Kier molecular flexibility index (Phi) is 23.1. The number of phosphoric acid groups is 7. The molecule has 0 heterocycles. The van der Waals surface area contributed by atoms with Crippen molar-refractivity contribution in [2.24, 2.45) is 46.3 Å². The van der Waals surface area contributed by atoms with Crippen LogP contribution in [-0.4, -0.2) is 105 Å². The molecule has 0 saturated heterocycles. The van der Waals surface area contributed by atoms with Crippen molar-refractivity contribution < 1.29 is 141 Å². The average molecular weight is 1200 g/mol. The molecule has 0 amide bonds. The third-order valence-corrected chi connectivity index (χ3v) is 18.4. The van der Waals surface area contributed by atoms with Crippen molar-refractivity contribution in [3.8, 4) is 0 Å². The van der Waals surface area contributed by atoms with E-state index in [0.717, 1.165) is 56.0 Å². The van der Waals surface area contributed by atoms with Gasteiger partial charge in [0.2, 0.25) is 0 Å². The molecular weight excluding hydrogens is 1130 g/mol. The highest BCUT2D eigenvalue weighted by Crippen LogP contribution is 2.68.